The molecule has 0 radical (unpaired) electrons. The molecule has 0 heterocycles. The molecule has 1 aliphatic rings. The summed E-state index contributed by atoms with van der Waals surface area (Å²) in [6.45, 7) is 0.256. The van der Waals surface area contributed by atoms with Crippen molar-refractivity contribution in [2.24, 2.45) is 0 Å². The van der Waals surface area contributed by atoms with Gasteiger partial charge in [0, 0.05) is 11.7 Å². The summed E-state index contributed by atoms with van der Waals surface area (Å²) in [6.07, 6.45) is 0.227. The molecule has 0 saturated heterocycles. The Bertz CT molecular complexity index is 479. The average molecular weight is 300 g/mol. The number of benzene rings is 1. The quantitative estimate of drug-likeness (QED) is 0.922. The highest BCUT2D eigenvalue weighted by Crippen LogP contribution is 2.29. The summed E-state index contributed by atoms with van der Waals surface area (Å²) in [6, 6.07) is 4.92. The van der Waals surface area contributed by atoms with Crippen LogP contribution in [-0.2, 0) is 11.0 Å². The lowest BCUT2D eigenvalue weighted by Crippen LogP contribution is -2.36. The molecule has 2 rings (SSSR count). The number of amides is 1. The van der Waals surface area contributed by atoms with Crippen molar-refractivity contribution in [3.63, 3.8) is 0 Å². The first-order valence-electron chi connectivity index (χ1n) is 7.03. The van der Waals surface area contributed by atoms with Gasteiger partial charge in [0.25, 0.3) is 0 Å². The van der Waals surface area contributed by atoms with E-state index in [-0.39, 0.29) is 12.5 Å². The van der Waals surface area contributed by atoms with Crippen molar-refractivity contribution in [2.75, 3.05) is 18.9 Å². The van der Waals surface area contributed by atoms with Crippen LogP contribution in [0.5, 0.6) is 0 Å². The molecule has 21 heavy (non-hydrogen) atoms. The first-order valence-corrected chi connectivity index (χ1v) is 7.03. The van der Waals surface area contributed by atoms with Gasteiger partial charge in [0.2, 0.25) is 5.91 Å². The molecule has 3 nitrogen and oxygen atoms in total. The summed E-state index contributed by atoms with van der Waals surface area (Å²) in [7, 11) is 1.91. The molecule has 1 saturated carbocycles. The van der Waals surface area contributed by atoms with Gasteiger partial charge in [-0.25, -0.2) is 0 Å². The molecule has 0 unspecified atom stereocenters. The van der Waals surface area contributed by atoms with E-state index >= 15 is 0 Å². The van der Waals surface area contributed by atoms with Crippen LogP contribution < -0.4 is 5.32 Å². The van der Waals surface area contributed by atoms with E-state index in [2.05, 4.69) is 5.32 Å². The second kappa shape index (κ2) is 6.47. The fraction of sp³-hybridized carbons (Fsp3) is 0.533. The topological polar surface area (TPSA) is 32.3 Å². The van der Waals surface area contributed by atoms with Crippen LogP contribution in [0, 0.1) is 0 Å². The van der Waals surface area contributed by atoms with Gasteiger partial charge in [0.05, 0.1) is 12.1 Å². The van der Waals surface area contributed by atoms with Gasteiger partial charge in [-0.05, 0) is 44.2 Å². The molecular weight excluding hydrogens is 281 g/mol. The lowest BCUT2D eigenvalue weighted by Gasteiger charge is -2.23. The maximum atomic E-state index is 12.4. The zero-order valence-electron chi connectivity index (χ0n) is 11.9. The SMILES string of the molecule is CN(CC(=O)Nc1ccc(C(F)(F)F)cc1)C1CCCC1. The predicted octanol–water partition coefficient (Wildman–Crippen LogP) is 3.52. The highest BCUT2D eigenvalue weighted by molar-refractivity contribution is 5.92. The number of alkyl halides is 3. The molecule has 0 aromatic heterocycles. The van der Waals surface area contributed by atoms with Crippen LogP contribution in [0.3, 0.4) is 0 Å². The molecule has 1 aromatic rings. The summed E-state index contributed by atoms with van der Waals surface area (Å²) >= 11 is 0. The molecule has 0 spiro atoms. The number of hydrogen-bond donors (Lipinski definition) is 1. The minimum atomic E-state index is -4.36. The van der Waals surface area contributed by atoms with E-state index in [1.165, 1.54) is 25.0 Å². The van der Waals surface area contributed by atoms with Gasteiger partial charge in [-0.2, -0.15) is 13.2 Å². The number of likely N-dealkylation sites (N-methyl/N-ethyl adjacent to an activating group) is 1. The van der Waals surface area contributed by atoms with Crippen LogP contribution in [0.25, 0.3) is 0 Å². The first-order chi connectivity index (χ1) is 9.86. The smallest absolute Gasteiger partial charge is 0.325 e. The number of carbonyl (C=O) groups is 1. The minimum Gasteiger partial charge on any atom is -0.325 e. The van der Waals surface area contributed by atoms with Gasteiger partial charge in [0.1, 0.15) is 0 Å². The Hall–Kier alpha value is -1.56. The second-order valence-corrected chi connectivity index (χ2v) is 5.48. The Morgan fingerprint density at radius 2 is 1.81 bits per heavy atom. The van der Waals surface area contributed by atoms with E-state index in [0.717, 1.165) is 25.0 Å². The molecule has 1 amide bonds. The third-order valence-corrected chi connectivity index (χ3v) is 3.84. The molecular formula is C15H19F3N2O. The molecule has 0 atom stereocenters. The summed E-state index contributed by atoms with van der Waals surface area (Å²) in [4.78, 5) is 13.9. The maximum absolute atomic E-state index is 12.4. The van der Waals surface area contributed by atoms with Gasteiger partial charge in [-0.1, -0.05) is 12.8 Å². The van der Waals surface area contributed by atoms with Crippen molar-refractivity contribution >= 4 is 11.6 Å². The molecule has 1 N–H and O–H groups in total. The first kappa shape index (κ1) is 15.8. The lowest BCUT2D eigenvalue weighted by atomic mass is 10.2. The number of halogens is 3. The number of rotatable bonds is 4. The third-order valence-electron chi connectivity index (χ3n) is 3.84. The zero-order valence-corrected chi connectivity index (χ0v) is 11.9. The summed E-state index contributed by atoms with van der Waals surface area (Å²) < 4.78 is 37.3. The predicted molar refractivity (Wildman–Crippen MR) is 75.0 cm³/mol. The third kappa shape index (κ3) is 4.46. The van der Waals surface area contributed by atoms with Gasteiger partial charge in [0.15, 0.2) is 0 Å². The van der Waals surface area contributed by atoms with Crippen molar-refractivity contribution in [3.8, 4) is 0 Å². The van der Waals surface area contributed by atoms with Crippen molar-refractivity contribution in [1.29, 1.82) is 0 Å². The number of nitrogens with one attached hydrogen (secondary N) is 1. The van der Waals surface area contributed by atoms with Crippen molar-refractivity contribution in [2.45, 2.75) is 37.9 Å². The van der Waals surface area contributed by atoms with Crippen LogP contribution in [-0.4, -0.2) is 30.4 Å². The number of nitrogens with zero attached hydrogens (tertiary/aromatic N) is 1. The molecule has 116 valence electrons. The van der Waals surface area contributed by atoms with Gasteiger partial charge in [-0.15, -0.1) is 0 Å². The van der Waals surface area contributed by atoms with Crippen LogP contribution in [0.4, 0.5) is 18.9 Å². The van der Waals surface area contributed by atoms with E-state index in [1.54, 1.807) is 0 Å². The van der Waals surface area contributed by atoms with E-state index < -0.39 is 11.7 Å². The van der Waals surface area contributed by atoms with E-state index in [1.807, 2.05) is 11.9 Å². The lowest BCUT2D eigenvalue weighted by molar-refractivity contribution is -0.137. The average Bonchev–Trinajstić information content (AvgIpc) is 2.92. The van der Waals surface area contributed by atoms with Crippen LogP contribution >= 0.6 is 0 Å². The molecule has 0 aliphatic heterocycles. The highest BCUT2D eigenvalue weighted by atomic mass is 19.4. The summed E-state index contributed by atoms with van der Waals surface area (Å²) in [5, 5.41) is 2.63. The standard InChI is InChI=1S/C15H19F3N2O/c1-20(13-4-2-3-5-13)10-14(21)19-12-8-6-11(7-9-12)15(16,17)18/h6-9,13H,2-5,10H2,1H3,(H,19,21). The van der Waals surface area contributed by atoms with Gasteiger partial charge >= 0.3 is 6.18 Å². The Balaban J connectivity index is 1.87. The Morgan fingerprint density at radius 3 is 2.33 bits per heavy atom. The zero-order chi connectivity index (χ0) is 15.5. The Labute approximate surface area is 122 Å². The maximum Gasteiger partial charge on any atom is 0.416 e. The van der Waals surface area contributed by atoms with Crippen LogP contribution in [0.15, 0.2) is 24.3 Å². The fourth-order valence-corrected chi connectivity index (χ4v) is 2.64. The normalized spacial score (nSPS) is 16.4. The van der Waals surface area contributed by atoms with Crippen molar-refractivity contribution in [3.05, 3.63) is 29.8 Å². The van der Waals surface area contributed by atoms with Crippen LogP contribution in [0.2, 0.25) is 0 Å². The van der Waals surface area contributed by atoms with Crippen LogP contribution in [0.1, 0.15) is 31.2 Å². The molecule has 1 aliphatic carbocycles. The fourth-order valence-electron chi connectivity index (χ4n) is 2.64. The summed E-state index contributed by atoms with van der Waals surface area (Å²) in [5.41, 5.74) is -0.337. The van der Waals surface area contributed by atoms with Gasteiger partial charge < -0.3 is 5.32 Å². The van der Waals surface area contributed by atoms with Crippen molar-refractivity contribution < 1.29 is 18.0 Å². The molecule has 6 heteroatoms. The second-order valence-electron chi connectivity index (χ2n) is 5.48. The van der Waals surface area contributed by atoms with Gasteiger partial charge in [-0.3, -0.25) is 9.69 Å². The monoisotopic (exact) mass is 300 g/mol. The number of carbonyl (C=O) groups excluding carboxylic acids is 1. The minimum absolute atomic E-state index is 0.204. The van der Waals surface area contributed by atoms with Crippen molar-refractivity contribution in [1.82, 2.24) is 4.90 Å². The summed E-state index contributed by atoms with van der Waals surface area (Å²) in [5.74, 6) is -0.204. The van der Waals surface area contributed by atoms with E-state index in [9.17, 15) is 18.0 Å². The highest BCUT2D eigenvalue weighted by Gasteiger charge is 2.30. The molecule has 1 fully saturated rings. The van der Waals surface area contributed by atoms with E-state index in [4.69, 9.17) is 0 Å². The Kier molecular flexibility index (Phi) is 4.88. The molecule has 1 aromatic carbocycles. The largest absolute Gasteiger partial charge is 0.416 e. The Morgan fingerprint density at radius 1 is 1.24 bits per heavy atom. The number of hydrogen-bond acceptors (Lipinski definition) is 2. The molecule has 0 bridgehead atoms. The van der Waals surface area contributed by atoms with E-state index in [0.29, 0.717) is 11.7 Å². The number of anilines is 1.